The Labute approximate surface area is 414 Å². The van der Waals surface area contributed by atoms with E-state index in [-0.39, 0.29) is 31.7 Å². The van der Waals surface area contributed by atoms with E-state index in [2.05, 4.69) is 44.0 Å². The third-order valence-corrected chi connectivity index (χ3v) is 19.9. The van der Waals surface area contributed by atoms with Crippen molar-refractivity contribution in [3.8, 4) is 0 Å². The highest BCUT2D eigenvalue weighted by molar-refractivity contribution is 7.80. The van der Waals surface area contributed by atoms with Crippen LogP contribution in [0.5, 0.6) is 0 Å². The summed E-state index contributed by atoms with van der Waals surface area (Å²) in [5, 5.41) is 132. The van der Waals surface area contributed by atoms with Gasteiger partial charge in [-0.25, -0.2) is 4.18 Å². The molecule has 0 radical (unpaired) electrons. The molecule has 0 bridgehead atoms. The van der Waals surface area contributed by atoms with Crippen molar-refractivity contribution in [3.05, 3.63) is 23.3 Å². The smallest absolute Gasteiger partial charge is 0.396 e. The highest BCUT2D eigenvalue weighted by Crippen LogP contribution is 2.74. The molecule has 0 unspecified atom stereocenters. The minimum Gasteiger partial charge on any atom is -0.396 e. The Morgan fingerprint density at radius 2 is 1.30 bits per heavy atom. The van der Waals surface area contributed by atoms with Gasteiger partial charge in [0.05, 0.1) is 44.7 Å². The van der Waals surface area contributed by atoms with Crippen LogP contribution < -0.4 is 0 Å². The van der Waals surface area contributed by atoms with Crippen LogP contribution in [0.25, 0.3) is 0 Å². The van der Waals surface area contributed by atoms with Crippen LogP contribution in [0.3, 0.4) is 0 Å². The van der Waals surface area contributed by atoms with Gasteiger partial charge in [-0.15, -0.1) is 0 Å². The Morgan fingerprint density at radius 3 is 1.90 bits per heavy atom. The third-order valence-electron chi connectivity index (χ3n) is 19.4. The molecule has 0 amide bonds. The van der Waals surface area contributed by atoms with Gasteiger partial charge in [0, 0.05) is 22.9 Å². The van der Waals surface area contributed by atoms with Crippen LogP contribution in [0.4, 0.5) is 0 Å². The highest BCUT2D eigenvalue weighted by Gasteiger charge is 2.69. The van der Waals surface area contributed by atoms with Gasteiger partial charge in [0.15, 0.2) is 18.9 Å². The van der Waals surface area contributed by atoms with E-state index in [9.17, 15) is 74.2 Å². The molecular weight excluding hydrogens is 961 g/mol. The van der Waals surface area contributed by atoms with Gasteiger partial charge in [0.25, 0.3) is 0 Å². The zero-order chi connectivity index (χ0) is 52.2. The summed E-state index contributed by atoms with van der Waals surface area (Å²) in [7, 11) is -5.24. The molecule has 13 N–H and O–H groups in total. The van der Waals surface area contributed by atoms with Gasteiger partial charge in [0.1, 0.15) is 67.1 Å². The van der Waals surface area contributed by atoms with Crippen LogP contribution in [0.15, 0.2) is 23.3 Å². The van der Waals surface area contributed by atoms with Crippen LogP contribution in [-0.4, -0.2) is 212 Å². The minimum atomic E-state index is -5.24. The summed E-state index contributed by atoms with van der Waals surface area (Å²) in [6.45, 7) is 9.79. The predicted molar refractivity (Wildman–Crippen MR) is 243 cm³/mol. The lowest BCUT2D eigenvalue weighted by Crippen LogP contribution is -2.68. The van der Waals surface area contributed by atoms with Crippen LogP contribution in [0.1, 0.15) is 92.9 Å². The Hall–Kier alpha value is -1.37. The van der Waals surface area contributed by atoms with Crippen molar-refractivity contribution < 1.29 is 107 Å². The zero-order valence-electron chi connectivity index (χ0n) is 41.2. The van der Waals surface area contributed by atoms with Crippen LogP contribution >= 0.6 is 0 Å². The zero-order valence-corrected chi connectivity index (χ0v) is 42.0. The average molecular weight is 1040 g/mol. The van der Waals surface area contributed by atoms with Gasteiger partial charge in [-0.05, 0) is 91.9 Å². The molecule has 71 heavy (non-hydrogen) atoms. The van der Waals surface area contributed by atoms with E-state index in [4.69, 9.17) is 28.4 Å². The molecule has 0 spiro atoms. The Balaban J connectivity index is 1.12. The van der Waals surface area contributed by atoms with Crippen molar-refractivity contribution in [2.24, 2.45) is 44.3 Å². The molecule has 0 aromatic rings. The molecule has 6 fully saturated rings. The molecule has 408 valence electrons. The van der Waals surface area contributed by atoms with E-state index in [1.807, 2.05) is 6.92 Å². The molecule has 8 aliphatic rings. The Morgan fingerprint density at radius 1 is 0.662 bits per heavy atom. The molecule has 22 nitrogen and oxygen atoms in total. The second-order valence-corrected chi connectivity index (χ2v) is 24.4. The first-order chi connectivity index (χ1) is 33.2. The van der Waals surface area contributed by atoms with E-state index in [1.165, 1.54) is 6.92 Å². The van der Waals surface area contributed by atoms with Gasteiger partial charge in [-0.1, -0.05) is 52.3 Å². The van der Waals surface area contributed by atoms with E-state index in [1.54, 1.807) is 0 Å². The Bertz CT molecular complexity index is 2090. The van der Waals surface area contributed by atoms with Crippen LogP contribution in [-0.2, 0) is 43.0 Å². The quantitative estimate of drug-likeness (QED) is 0.0723. The minimum absolute atomic E-state index is 0.0183. The summed E-state index contributed by atoms with van der Waals surface area (Å²) in [5.74, 6) is -0.249. The van der Waals surface area contributed by atoms with Gasteiger partial charge in [-0.3, -0.25) is 4.55 Å². The standard InChI is InChI=1S/C48H78O22S/c1-22-31(55)38(68-41-36(60)34(58)37(26(18-50)66-41)70-71(61,62)63)39(69-40-35(59)33(57)32(56)25(17-49)65-40)42(64-22)67-30-10-11-44(3)27(45(30,4)20-52)9-12-46(5)28(44)8-7-23-24-15-43(2,19-51)13-14-48(24,21-53)29(54)16-47(23,46)6/h7-8,22,25-42,49-60H,9-21H2,1-6H3,(H,61,62,63)/t22-,25-,26-,27-,28-,29-,30+,31+,32-,33+,34-,35-,36-,37-,38+,39-,40+,41+,42+,43-,44+,45+,46-,47-,48-/m1/s1. The molecular formula is C48H78O22S. The number of hydrogen-bond acceptors (Lipinski definition) is 21. The summed E-state index contributed by atoms with van der Waals surface area (Å²) >= 11 is 0. The van der Waals surface area contributed by atoms with E-state index in [0.717, 1.165) is 11.1 Å². The molecule has 3 saturated heterocycles. The first kappa shape index (κ1) is 55.9. The van der Waals surface area contributed by atoms with Crippen molar-refractivity contribution in [1.82, 2.24) is 0 Å². The summed E-state index contributed by atoms with van der Waals surface area (Å²) in [6.07, 6.45) is -19.6. The average Bonchev–Trinajstić information content (AvgIpc) is 3.32. The second-order valence-electron chi connectivity index (χ2n) is 23.4. The maximum absolute atomic E-state index is 12.1. The topological polar surface area (TPSA) is 362 Å². The van der Waals surface area contributed by atoms with Gasteiger partial charge >= 0.3 is 10.4 Å². The summed E-state index contributed by atoms with van der Waals surface area (Å²) in [5.41, 5.74) is -1.43. The van der Waals surface area contributed by atoms with Gasteiger partial charge in [-0.2, -0.15) is 8.42 Å². The molecule has 23 heteroatoms. The number of aliphatic hydroxyl groups is 12. The number of allylic oxidation sites excluding steroid dienone is 3. The fourth-order valence-corrected chi connectivity index (χ4v) is 15.3. The molecule has 0 aromatic heterocycles. The molecule has 3 aliphatic heterocycles. The van der Waals surface area contributed by atoms with Crippen molar-refractivity contribution in [3.63, 3.8) is 0 Å². The largest absolute Gasteiger partial charge is 0.397 e. The highest BCUT2D eigenvalue weighted by atomic mass is 32.3. The first-order valence-electron chi connectivity index (χ1n) is 25.0. The van der Waals surface area contributed by atoms with Gasteiger partial charge < -0.3 is 89.7 Å². The molecule has 3 saturated carbocycles. The summed E-state index contributed by atoms with van der Waals surface area (Å²) in [6, 6.07) is 0. The SMILES string of the molecule is C[C@H]1O[C@@H](O[C@H]2CC[C@@]3(C)[C@@H](CC[C@]4(C)[C@@H]3C=CC3=C5C[C@](C)(CO)CC[C@]5(CO)[C@H](O)C[C@]34C)[C@]2(C)CO)[C@H](O[C@@H]2O[C@H](CO)[C@@H](O)[C@H](O)[C@H]2O)[C@@H](O[C@@H]2O[C@H](CO)[C@@H](OS(=O)(=O)O)[C@H](O)[C@H]2O)[C@H]1O. The molecule has 0 aromatic carbocycles. The Kier molecular flexibility index (Phi) is 15.6. The second kappa shape index (κ2) is 19.9. The van der Waals surface area contributed by atoms with Crippen molar-refractivity contribution >= 4 is 10.4 Å². The van der Waals surface area contributed by atoms with Crippen molar-refractivity contribution in [1.29, 1.82) is 0 Å². The fraction of sp³-hybridized carbons (Fsp3) is 0.917. The number of aliphatic hydroxyl groups excluding tert-OH is 12. The lowest BCUT2D eigenvalue weighted by atomic mass is 9.35. The normalized spacial score (nSPS) is 53.4. The fourth-order valence-electron chi connectivity index (χ4n) is 14.8. The lowest BCUT2D eigenvalue weighted by molar-refractivity contribution is -0.397. The maximum Gasteiger partial charge on any atom is 0.397 e. The molecule has 5 aliphatic carbocycles. The van der Waals surface area contributed by atoms with Crippen molar-refractivity contribution in [2.75, 3.05) is 33.0 Å². The summed E-state index contributed by atoms with van der Waals surface area (Å²) in [4.78, 5) is 0. The monoisotopic (exact) mass is 1040 g/mol. The predicted octanol–water partition coefficient (Wildman–Crippen LogP) is -1.70. The van der Waals surface area contributed by atoms with Crippen molar-refractivity contribution in [2.45, 2.75) is 197 Å². The molecule has 3 heterocycles. The maximum atomic E-state index is 12.1. The number of rotatable bonds is 13. The first-order valence-corrected chi connectivity index (χ1v) is 26.3. The lowest BCUT2D eigenvalue weighted by Gasteiger charge is -2.70. The molecule has 8 rings (SSSR count). The van der Waals surface area contributed by atoms with E-state index < -0.39 is 160 Å². The third kappa shape index (κ3) is 9.04. The number of fused-ring (bicyclic) bond motifs is 6. The molecule has 25 atom stereocenters. The van der Waals surface area contributed by atoms with Gasteiger partial charge in [0.2, 0.25) is 0 Å². The summed E-state index contributed by atoms with van der Waals surface area (Å²) < 4.78 is 74.0. The number of ether oxygens (including phenoxy) is 6. The van der Waals surface area contributed by atoms with E-state index in [0.29, 0.717) is 51.4 Å². The van der Waals surface area contributed by atoms with Crippen LogP contribution in [0, 0.1) is 44.3 Å². The van der Waals surface area contributed by atoms with Crippen LogP contribution in [0.2, 0.25) is 0 Å². The number of hydrogen-bond donors (Lipinski definition) is 13. The van der Waals surface area contributed by atoms with E-state index >= 15 is 0 Å².